The van der Waals surface area contributed by atoms with Crippen LogP contribution in [0.5, 0.6) is 5.75 Å². The van der Waals surface area contributed by atoms with Gasteiger partial charge < -0.3 is 29.8 Å². The van der Waals surface area contributed by atoms with Gasteiger partial charge in [-0.2, -0.15) is 15.1 Å². The molecule has 1 aromatic carbocycles. The van der Waals surface area contributed by atoms with Crippen molar-refractivity contribution in [3.8, 4) is 5.75 Å². The highest BCUT2D eigenvalue weighted by Crippen LogP contribution is 2.45. The Balaban J connectivity index is 1.46. The van der Waals surface area contributed by atoms with E-state index in [4.69, 9.17) is 29.0 Å². The first-order chi connectivity index (χ1) is 18.2. The molecule has 16 heteroatoms. The molecule has 1 fully saturated rings. The Morgan fingerprint density at radius 1 is 1.29 bits per heavy atom. The molecule has 4 rings (SSSR count). The molecule has 1 unspecified atom stereocenters. The Hall–Kier alpha value is -3.62. The van der Waals surface area contributed by atoms with E-state index in [0.29, 0.717) is 11.2 Å². The number of nitrogens with zero attached hydrogens (tertiary/aromatic N) is 4. The number of esters is 1. The van der Waals surface area contributed by atoms with Crippen molar-refractivity contribution in [3.63, 3.8) is 0 Å². The molecule has 0 bridgehead atoms. The summed E-state index contributed by atoms with van der Waals surface area (Å²) in [5, 5.41) is 5.15. The van der Waals surface area contributed by atoms with Gasteiger partial charge in [-0.25, -0.2) is 9.55 Å². The lowest BCUT2D eigenvalue weighted by Crippen LogP contribution is -2.35. The average molecular weight is 549 g/mol. The number of para-hydroxylation sites is 1. The van der Waals surface area contributed by atoms with Gasteiger partial charge >= 0.3 is 13.7 Å². The number of ether oxygens (including phenoxy) is 3. The summed E-state index contributed by atoms with van der Waals surface area (Å²) in [4.78, 5) is 36.1. The number of carbonyl (C=O) groups excluding carboxylic acids is 2. The predicted molar refractivity (Wildman–Crippen MR) is 134 cm³/mol. The van der Waals surface area contributed by atoms with Crippen molar-refractivity contribution in [1.82, 2.24) is 24.6 Å². The third kappa shape index (κ3) is 6.62. The van der Waals surface area contributed by atoms with E-state index in [1.54, 1.807) is 41.8 Å². The van der Waals surface area contributed by atoms with Crippen LogP contribution in [-0.2, 0) is 32.9 Å². The van der Waals surface area contributed by atoms with E-state index in [0.717, 1.165) is 0 Å². The number of anilines is 2. The fourth-order valence-electron chi connectivity index (χ4n) is 3.50. The summed E-state index contributed by atoms with van der Waals surface area (Å²) in [7, 11) is -4.08. The smallest absolute Gasteiger partial charge is 0.459 e. The maximum atomic E-state index is 13.6. The molecule has 1 saturated heterocycles. The lowest BCUT2D eigenvalue weighted by Gasteiger charge is -2.23. The van der Waals surface area contributed by atoms with Crippen molar-refractivity contribution >= 4 is 42.6 Å². The second-order valence-electron chi connectivity index (χ2n) is 8.09. The number of benzene rings is 1. The summed E-state index contributed by atoms with van der Waals surface area (Å²) >= 11 is 0. The van der Waals surface area contributed by atoms with E-state index < -0.39 is 32.3 Å². The van der Waals surface area contributed by atoms with Crippen molar-refractivity contribution in [2.24, 2.45) is 0 Å². The van der Waals surface area contributed by atoms with Crippen molar-refractivity contribution in [1.29, 1.82) is 0 Å². The minimum Gasteiger partial charge on any atom is -0.465 e. The first kappa shape index (κ1) is 27.4. The van der Waals surface area contributed by atoms with Gasteiger partial charge in [-0.3, -0.25) is 18.7 Å². The minimum atomic E-state index is -4.08. The lowest BCUT2D eigenvalue weighted by atomic mass is 10.3. The number of rotatable bonds is 11. The monoisotopic (exact) mass is 549 g/mol. The molecule has 1 aliphatic rings. The molecule has 4 N–H and O–H groups in total. The molecule has 38 heavy (non-hydrogen) atoms. The van der Waals surface area contributed by atoms with Crippen LogP contribution in [-0.4, -0.2) is 63.5 Å². The quantitative estimate of drug-likeness (QED) is 0.233. The molecule has 1 aliphatic heterocycles. The van der Waals surface area contributed by atoms with Crippen molar-refractivity contribution in [2.45, 2.75) is 39.3 Å². The first-order valence-electron chi connectivity index (χ1n) is 11.7. The molecule has 2 aromatic heterocycles. The summed E-state index contributed by atoms with van der Waals surface area (Å²) in [6.45, 7) is 4.42. The standard InChI is InChI=1S/C22H28N7O8P/c1-4-33-21(31)13(2)28-38(32,37-15-8-6-5-7-9-15)35-11-17-34-10-16(36-17)29-12-24-18-19(25-14(3)30)26-22(23)27-20(18)29/h5-9,12-13,16-17H,4,10-11H2,1-3H3,(H,28,32)(H3,23,25,26,27,30)/t13-,16+,17+,38?/m0/s1. The maximum absolute atomic E-state index is 13.6. The third-order valence-electron chi connectivity index (χ3n) is 5.12. The van der Waals surface area contributed by atoms with Gasteiger partial charge in [-0.15, -0.1) is 0 Å². The molecule has 204 valence electrons. The van der Waals surface area contributed by atoms with E-state index in [2.05, 4.69) is 25.4 Å². The number of amides is 1. The molecular weight excluding hydrogens is 521 g/mol. The fraction of sp³-hybridized carbons (Fsp3) is 0.409. The van der Waals surface area contributed by atoms with E-state index in [-0.39, 0.29) is 43.2 Å². The van der Waals surface area contributed by atoms with Crippen LogP contribution in [0, 0.1) is 0 Å². The summed E-state index contributed by atoms with van der Waals surface area (Å²) in [6, 6.07) is 7.38. The molecule has 3 heterocycles. The number of fused-ring (bicyclic) bond motifs is 1. The molecule has 15 nitrogen and oxygen atoms in total. The SMILES string of the molecule is CCOC(=O)[C@H](C)NP(=O)(OC[C@@H]1OC[C@H](n2cnc3c(NC(C)=O)nc(N)nc32)O1)Oc1ccccc1. The number of hydrogen-bond acceptors (Lipinski definition) is 12. The van der Waals surface area contributed by atoms with Gasteiger partial charge in [0.2, 0.25) is 11.9 Å². The molecule has 3 aromatic rings. The van der Waals surface area contributed by atoms with Crippen LogP contribution in [0.25, 0.3) is 11.2 Å². The molecule has 0 spiro atoms. The zero-order valence-electron chi connectivity index (χ0n) is 20.9. The molecule has 0 radical (unpaired) electrons. The number of aromatic nitrogens is 4. The first-order valence-corrected chi connectivity index (χ1v) is 13.2. The second-order valence-corrected chi connectivity index (χ2v) is 9.78. The van der Waals surface area contributed by atoms with Crippen molar-refractivity contribution in [2.75, 3.05) is 30.9 Å². The third-order valence-corrected chi connectivity index (χ3v) is 6.76. The van der Waals surface area contributed by atoms with Crippen LogP contribution >= 0.6 is 7.75 Å². The maximum Gasteiger partial charge on any atom is 0.459 e. The Morgan fingerprint density at radius 2 is 2.05 bits per heavy atom. The van der Waals surface area contributed by atoms with Gasteiger partial charge in [0.05, 0.1) is 19.5 Å². The van der Waals surface area contributed by atoms with Crippen LogP contribution in [0.3, 0.4) is 0 Å². The lowest BCUT2D eigenvalue weighted by molar-refractivity contribution is -0.144. The van der Waals surface area contributed by atoms with E-state index in [1.807, 2.05) is 0 Å². The highest BCUT2D eigenvalue weighted by atomic mass is 31.2. The van der Waals surface area contributed by atoms with Crippen LogP contribution in [0.15, 0.2) is 36.7 Å². The predicted octanol–water partition coefficient (Wildman–Crippen LogP) is 1.98. The zero-order chi connectivity index (χ0) is 27.3. The van der Waals surface area contributed by atoms with Crippen molar-refractivity contribution < 1.29 is 37.4 Å². The van der Waals surface area contributed by atoms with Gasteiger partial charge in [0.25, 0.3) is 0 Å². The zero-order valence-corrected chi connectivity index (χ0v) is 21.8. The second kappa shape index (κ2) is 11.8. The van der Waals surface area contributed by atoms with Gasteiger partial charge in [0, 0.05) is 6.92 Å². The number of nitrogens with one attached hydrogen (secondary N) is 2. The Morgan fingerprint density at radius 3 is 2.76 bits per heavy atom. The number of hydrogen-bond donors (Lipinski definition) is 3. The van der Waals surface area contributed by atoms with Crippen molar-refractivity contribution in [3.05, 3.63) is 36.7 Å². The van der Waals surface area contributed by atoms with Gasteiger partial charge in [0.15, 0.2) is 29.5 Å². The molecule has 1 amide bonds. The Kier molecular flexibility index (Phi) is 8.54. The molecule has 0 saturated carbocycles. The van der Waals surface area contributed by atoms with E-state index in [1.165, 1.54) is 20.2 Å². The fourth-order valence-corrected chi connectivity index (χ4v) is 4.98. The largest absolute Gasteiger partial charge is 0.465 e. The summed E-state index contributed by atoms with van der Waals surface area (Å²) in [5.41, 5.74) is 6.44. The Bertz CT molecular complexity index is 1340. The summed E-state index contributed by atoms with van der Waals surface area (Å²) < 4.78 is 42.9. The molecule has 4 atom stereocenters. The van der Waals surface area contributed by atoms with Crippen LogP contribution in [0.1, 0.15) is 27.0 Å². The van der Waals surface area contributed by atoms with E-state index in [9.17, 15) is 14.2 Å². The topological polar surface area (TPSA) is 191 Å². The normalized spacial score (nSPS) is 19.6. The van der Waals surface area contributed by atoms with Crippen LogP contribution < -0.4 is 20.7 Å². The summed E-state index contributed by atoms with van der Waals surface area (Å²) in [5.74, 6) is -0.596. The van der Waals surface area contributed by atoms with Crippen LogP contribution in [0.2, 0.25) is 0 Å². The molecule has 0 aliphatic carbocycles. The highest BCUT2D eigenvalue weighted by Gasteiger charge is 2.36. The minimum absolute atomic E-state index is 0.0670. The number of nitrogen functional groups attached to an aromatic ring is 1. The van der Waals surface area contributed by atoms with Gasteiger partial charge in [-0.1, -0.05) is 18.2 Å². The average Bonchev–Trinajstić information content (AvgIpc) is 3.50. The number of nitrogens with two attached hydrogens (primary N) is 1. The Labute approximate surface area is 217 Å². The highest BCUT2D eigenvalue weighted by molar-refractivity contribution is 7.52. The summed E-state index contributed by atoms with van der Waals surface area (Å²) in [6.07, 6.45) is -0.180. The van der Waals surface area contributed by atoms with Crippen LogP contribution in [0.4, 0.5) is 11.8 Å². The molecular formula is C22H28N7O8P. The number of imidazole rings is 1. The van der Waals surface area contributed by atoms with E-state index >= 15 is 0 Å². The number of carbonyl (C=O) groups is 2. The van der Waals surface area contributed by atoms with Gasteiger partial charge in [0.1, 0.15) is 18.4 Å². The van der Waals surface area contributed by atoms with Gasteiger partial charge in [-0.05, 0) is 26.0 Å².